The fourth-order valence-corrected chi connectivity index (χ4v) is 1.50. The van der Waals surface area contributed by atoms with E-state index in [1.165, 1.54) is 4.90 Å². The number of halogens is 1. The molecule has 0 aromatic carbocycles. The van der Waals surface area contributed by atoms with Gasteiger partial charge in [-0.1, -0.05) is 6.92 Å². The molecule has 0 aromatic heterocycles. The van der Waals surface area contributed by atoms with E-state index in [2.05, 4.69) is 34.8 Å². The maximum absolute atomic E-state index is 11.3. The van der Waals surface area contributed by atoms with Gasteiger partial charge in [0.25, 0.3) is 0 Å². The second kappa shape index (κ2) is 8.94. The van der Waals surface area contributed by atoms with E-state index in [9.17, 15) is 9.59 Å². The van der Waals surface area contributed by atoms with Crippen LogP contribution in [0.25, 0.3) is 0 Å². The predicted molar refractivity (Wildman–Crippen MR) is 84.8 cm³/mol. The highest BCUT2D eigenvalue weighted by molar-refractivity contribution is 14.0. The molecule has 19 heavy (non-hydrogen) atoms. The zero-order valence-electron chi connectivity index (χ0n) is 11.5. The van der Waals surface area contributed by atoms with Gasteiger partial charge in [-0.15, -0.1) is 24.0 Å². The van der Waals surface area contributed by atoms with Gasteiger partial charge in [-0.3, -0.25) is 14.7 Å². The fraction of sp³-hybridized carbons (Fsp3) is 0.727. The molecule has 0 aliphatic carbocycles. The average Bonchev–Trinajstić information content (AvgIpc) is 2.68. The minimum absolute atomic E-state index is 0. The van der Waals surface area contributed by atoms with Gasteiger partial charge in [-0.25, -0.2) is 4.79 Å². The third-order valence-corrected chi connectivity index (χ3v) is 2.78. The largest absolute Gasteiger partial charge is 0.355 e. The number of hydrogen-bond donors (Lipinski definition) is 3. The number of carbonyl (C=O) groups is 2. The molecule has 0 saturated carbocycles. The van der Waals surface area contributed by atoms with E-state index in [0.29, 0.717) is 25.1 Å². The van der Waals surface area contributed by atoms with Gasteiger partial charge in [0.15, 0.2) is 5.96 Å². The van der Waals surface area contributed by atoms with E-state index in [-0.39, 0.29) is 42.5 Å². The number of hydrogen-bond acceptors (Lipinski definition) is 3. The van der Waals surface area contributed by atoms with Crippen molar-refractivity contribution in [3.8, 4) is 0 Å². The molecule has 110 valence electrons. The lowest BCUT2D eigenvalue weighted by atomic mass is 10.3. The number of guanidine groups is 1. The number of imide groups is 1. The van der Waals surface area contributed by atoms with Gasteiger partial charge in [0.1, 0.15) is 0 Å². The molecule has 1 rings (SSSR count). The van der Waals surface area contributed by atoms with Crippen molar-refractivity contribution in [2.75, 3.05) is 26.7 Å². The third-order valence-electron chi connectivity index (χ3n) is 2.78. The van der Waals surface area contributed by atoms with Crippen molar-refractivity contribution in [2.24, 2.45) is 4.99 Å². The van der Waals surface area contributed by atoms with Gasteiger partial charge in [-0.05, 0) is 13.3 Å². The zero-order chi connectivity index (χ0) is 13.5. The SMILES string of the molecule is CCC(C)NC(=NC)NCCN1C(=O)CNC1=O.I. The predicted octanol–water partition coefficient (Wildman–Crippen LogP) is 0.120. The summed E-state index contributed by atoms with van der Waals surface area (Å²) in [7, 11) is 1.69. The number of carbonyl (C=O) groups excluding carboxylic acids is 2. The van der Waals surface area contributed by atoms with Crippen LogP contribution >= 0.6 is 24.0 Å². The summed E-state index contributed by atoms with van der Waals surface area (Å²) < 4.78 is 0. The molecule has 1 heterocycles. The van der Waals surface area contributed by atoms with Crippen LogP contribution in [0.1, 0.15) is 20.3 Å². The molecule has 0 aromatic rings. The van der Waals surface area contributed by atoms with Crippen LogP contribution in [0.15, 0.2) is 4.99 Å². The summed E-state index contributed by atoms with van der Waals surface area (Å²) in [5.74, 6) is 0.489. The van der Waals surface area contributed by atoms with Crippen molar-refractivity contribution in [3.05, 3.63) is 0 Å². The Morgan fingerprint density at radius 3 is 2.68 bits per heavy atom. The molecule has 1 unspecified atom stereocenters. The maximum Gasteiger partial charge on any atom is 0.324 e. The molecule has 7 nitrogen and oxygen atoms in total. The third kappa shape index (κ3) is 5.62. The first-order valence-corrected chi connectivity index (χ1v) is 6.13. The van der Waals surface area contributed by atoms with E-state index in [4.69, 9.17) is 0 Å². The number of nitrogens with one attached hydrogen (secondary N) is 3. The maximum atomic E-state index is 11.3. The lowest BCUT2D eigenvalue weighted by Gasteiger charge is -2.18. The number of aliphatic imine (C=N–C) groups is 1. The first kappa shape index (κ1) is 17.9. The summed E-state index contributed by atoms with van der Waals surface area (Å²) in [6, 6.07) is -0.000380. The van der Waals surface area contributed by atoms with E-state index in [1.807, 2.05) is 0 Å². The monoisotopic (exact) mass is 383 g/mol. The molecule has 0 radical (unpaired) electrons. The second-order valence-electron chi connectivity index (χ2n) is 4.16. The van der Waals surface area contributed by atoms with Crippen LogP contribution in [0, 0.1) is 0 Å². The van der Waals surface area contributed by atoms with Crippen LogP contribution in [-0.2, 0) is 4.79 Å². The Morgan fingerprint density at radius 2 is 2.21 bits per heavy atom. The summed E-state index contributed by atoms with van der Waals surface area (Å²) in [6.07, 6.45) is 0.994. The Labute approximate surface area is 130 Å². The summed E-state index contributed by atoms with van der Waals surface area (Å²) in [5, 5.41) is 8.74. The van der Waals surface area contributed by atoms with Crippen LogP contribution in [-0.4, -0.2) is 55.5 Å². The molecule has 3 N–H and O–H groups in total. The number of amides is 3. The lowest BCUT2D eigenvalue weighted by molar-refractivity contribution is -0.124. The second-order valence-corrected chi connectivity index (χ2v) is 4.16. The van der Waals surface area contributed by atoms with Crippen molar-refractivity contribution in [1.29, 1.82) is 0 Å². The quantitative estimate of drug-likeness (QED) is 0.273. The summed E-state index contributed by atoms with van der Waals surface area (Å²) in [5.41, 5.74) is 0. The van der Waals surface area contributed by atoms with Gasteiger partial charge in [0, 0.05) is 26.2 Å². The van der Waals surface area contributed by atoms with Crippen molar-refractivity contribution >= 4 is 41.9 Å². The normalized spacial score (nSPS) is 16.8. The van der Waals surface area contributed by atoms with Crippen LogP contribution in [0.5, 0.6) is 0 Å². The molecular weight excluding hydrogens is 361 g/mol. The average molecular weight is 383 g/mol. The Balaban J connectivity index is 0.00000324. The molecule has 1 saturated heterocycles. The van der Waals surface area contributed by atoms with E-state index in [0.717, 1.165) is 6.42 Å². The number of rotatable bonds is 5. The number of urea groups is 1. The smallest absolute Gasteiger partial charge is 0.324 e. The van der Waals surface area contributed by atoms with Crippen LogP contribution in [0.3, 0.4) is 0 Å². The van der Waals surface area contributed by atoms with Crippen molar-refractivity contribution in [2.45, 2.75) is 26.3 Å². The summed E-state index contributed by atoms with van der Waals surface area (Å²) >= 11 is 0. The van der Waals surface area contributed by atoms with E-state index >= 15 is 0 Å². The minimum Gasteiger partial charge on any atom is -0.355 e. The molecule has 1 aliphatic rings. The molecular formula is C11H22IN5O2. The van der Waals surface area contributed by atoms with Gasteiger partial charge in [0.05, 0.1) is 6.54 Å². The number of nitrogens with zero attached hydrogens (tertiary/aromatic N) is 2. The lowest BCUT2D eigenvalue weighted by Crippen LogP contribution is -2.45. The molecule has 0 bridgehead atoms. The Morgan fingerprint density at radius 1 is 1.53 bits per heavy atom. The van der Waals surface area contributed by atoms with Gasteiger partial charge < -0.3 is 16.0 Å². The van der Waals surface area contributed by atoms with Gasteiger partial charge in [-0.2, -0.15) is 0 Å². The van der Waals surface area contributed by atoms with Crippen LogP contribution in [0.4, 0.5) is 4.79 Å². The van der Waals surface area contributed by atoms with E-state index < -0.39 is 0 Å². The molecule has 8 heteroatoms. The van der Waals surface area contributed by atoms with Crippen LogP contribution < -0.4 is 16.0 Å². The van der Waals surface area contributed by atoms with Crippen LogP contribution in [0.2, 0.25) is 0 Å². The highest BCUT2D eigenvalue weighted by Crippen LogP contribution is 1.97. The molecule has 1 atom stereocenters. The highest BCUT2D eigenvalue weighted by Gasteiger charge is 2.27. The van der Waals surface area contributed by atoms with Gasteiger partial charge in [0.2, 0.25) is 5.91 Å². The molecule has 0 spiro atoms. The van der Waals surface area contributed by atoms with Crippen molar-refractivity contribution < 1.29 is 9.59 Å². The van der Waals surface area contributed by atoms with Gasteiger partial charge >= 0.3 is 6.03 Å². The summed E-state index contributed by atoms with van der Waals surface area (Å²) in [4.78, 5) is 27.9. The molecule has 1 fully saturated rings. The standard InChI is InChI=1S/C11H21N5O2.HI/c1-4-8(2)15-10(12-3)13-5-6-16-9(17)7-14-11(16)18;/h8H,4-7H2,1-3H3,(H,14,18)(H2,12,13,15);1H. The topological polar surface area (TPSA) is 85.8 Å². The summed E-state index contributed by atoms with van der Waals surface area (Å²) in [6.45, 7) is 5.06. The molecule has 1 aliphatic heterocycles. The first-order valence-electron chi connectivity index (χ1n) is 6.13. The minimum atomic E-state index is -0.327. The Kier molecular flexibility index (Phi) is 8.44. The highest BCUT2D eigenvalue weighted by atomic mass is 127. The van der Waals surface area contributed by atoms with Crippen molar-refractivity contribution in [3.63, 3.8) is 0 Å². The first-order chi connectivity index (χ1) is 8.58. The molecule has 3 amide bonds. The Hall–Kier alpha value is -1.06. The fourth-order valence-electron chi connectivity index (χ4n) is 1.50. The zero-order valence-corrected chi connectivity index (χ0v) is 13.9. The van der Waals surface area contributed by atoms with E-state index in [1.54, 1.807) is 7.05 Å². The van der Waals surface area contributed by atoms with Crippen molar-refractivity contribution in [1.82, 2.24) is 20.9 Å². The Bertz CT molecular complexity index is 332.